The molecule has 0 unspecified atom stereocenters. The van der Waals surface area contributed by atoms with E-state index < -0.39 is 50.1 Å². The Balaban J connectivity index is 7.88. The van der Waals surface area contributed by atoms with Gasteiger partial charge < -0.3 is 16.5 Å². The lowest BCUT2D eigenvalue weighted by Crippen LogP contribution is -2.65. The molecule has 0 heterocycles. The number of rotatable bonds is 22. The molecule has 47 heavy (non-hydrogen) atoms. The molecule has 0 bridgehead atoms. The van der Waals surface area contributed by atoms with Crippen molar-refractivity contribution >= 4 is 60.8 Å². The first-order valence-corrected chi connectivity index (χ1v) is 33.5. The van der Waals surface area contributed by atoms with Crippen LogP contribution in [0.5, 0.6) is 0 Å². The van der Waals surface area contributed by atoms with Crippen molar-refractivity contribution in [2.45, 2.75) is 233 Å². The second-order valence-electron chi connectivity index (χ2n) is 18.6. The normalized spacial score (nSPS) is 14.9. The third-order valence-electron chi connectivity index (χ3n) is 10.7. The lowest BCUT2D eigenvalue weighted by Gasteiger charge is -2.56. The highest BCUT2D eigenvalue weighted by Gasteiger charge is 2.63. The van der Waals surface area contributed by atoms with Crippen LogP contribution in [0.4, 0.5) is 0 Å². The van der Waals surface area contributed by atoms with Gasteiger partial charge in [-0.1, -0.05) is 166 Å². The lowest BCUT2D eigenvalue weighted by atomic mass is 10.5. The van der Waals surface area contributed by atoms with Gasteiger partial charge in [0.15, 0.2) is 18.1 Å². The zero-order valence-corrected chi connectivity index (χ0v) is 43.3. The smallest absolute Gasteiger partial charge is 0.323 e. The fourth-order valence-corrected chi connectivity index (χ4v) is 65.7. The molecular weight excluding hydrogens is 697 g/mol. The highest BCUT2D eigenvalue weighted by molar-refractivity contribution is 8.49. The maximum atomic E-state index is 8.24. The topological polar surface area (TPSA) is 36.9 Å². The maximum absolute atomic E-state index is 8.24. The van der Waals surface area contributed by atoms with Crippen LogP contribution in [-0.2, 0) is 16.5 Å². The van der Waals surface area contributed by atoms with E-state index in [4.69, 9.17) is 16.5 Å². The molecule has 11 heteroatoms. The summed E-state index contributed by atoms with van der Waals surface area (Å²) in [5.41, 5.74) is 5.52. The van der Waals surface area contributed by atoms with E-state index in [1.165, 1.54) is 0 Å². The van der Waals surface area contributed by atoms with Crippen molar-refractivity contribution in [2.75, 3.05) is 0 Å². The first-order valence-electron chi connectivity index (χ1n) is 19.6. The molecule has 0 radical (unpaired) electrons. The van der Waals surface area contributed by atoms with Gasteiger partial charge in [-0.2, -0.15) is 0 Å². The summed E-state index contributed by atoms with van der Waals surface area (Å²) >= 11 is 0. The van der Waals surface area contributed by atoms with Crippen molar-refractivity contribution in [2.24, 2.45) is 0 Å². The van der Waals surface area contributed by atoms with Crippen molar-refractivity contribution in [3.63, 3.8) is 0 Å². The predicted molar refractivity (Wildman–Crippen MR) is 230 cm³/mol. The van der Waals surface area contributed by atoms with Crippen LogP contribution in [0.1, 0.15) is 166 Å². The molecule has 0 aromatic carbocycles. The molecule has 4 nitrogen and oxygen atoms in total. The van der Waals surface area contributed by atoms with Gasteiger partial charge in [-0.3, -0.25) is 0 Å². The molecule has 0 fully saturated rings. The van der Waals surface area contributed by atoms with Crippen molar-refractivity contribution in [3.8, 4) is 0 Å². The molecule has 0 N–H and O–H groups in total. The van der Waals surface area contributed by atoms with Crippen LogP contribution < -0.4 is 0 Å². The molecule has 0 aromatic heterocycles. The van der Waals surface area contributed by atoms with E-state index in [2.05, 4.69) is 177 Å². The number of hydrogen-bond donors (Lipinski definition) is 0. The maximum Gasteiger partial charge on any atom is 0.323 e. The summed E-state index contributed by atoms with van der Waals surface area (Å²) in [5.74, 6) is 0. The molecule has 0 atom stereocenters. The Bertz CT molecular complexity index is 775. The van der Waals surface area contributed by atoms with E-state index in [1.54, 1.807) is 0 Å². The molecule has 0 aliphatic rings. The largest absolute Gasteiger partial charge is 0.438 e. The summed E-state index contributed by atoms with van der Waals surface area (Å²) < 4.78 is 31.9. The van der Waals surface area contributed by atoms with Gasteiger partial charge in [0.2, 0.25) is 14.9 Å². The van der Waals surface area contributed by atoms with Gasteiger partial charge in [-0.15, -0.1) is 10.7 Å². The highest BCUT2D eigenvalue weighted by Crippen LogP contribution is 2.58. The van der Waals surface area contributed by atoms with Crippen LogP contribution in [0.15, 0.2) is 0 Å². The Hall–Kier alpha value is 1.49. The Morgan fingerprint density at radius 3 is 0.638 bits per heavy atom. The first kappa shape index (κ1) is 48.5. The van der Waals surface area contributed by atoms with Crippen molar-refractivity contribution in [1.82, 2.24) is 0 Å². The van der Waals surface area contributed by atoms with Crippen LogP contribution >= 0.6 is 10.7 Å². The van der Waals surface area contributed by atoms with Crippen molar-refractivity contribution in [1.29, 1.82) is 0 Å². The molecule has 0 rings (SSSR count). The van der Waals surface area contributed by atoms with Gasteiger partial charge in [0.1, 0.15) is 0 Å². The van der Waals surface area contributed by atoms with E-state index in [0.717, 1.165) is 0 Å². The fraction of sp³-hybridized carbons (Fsp3) is 1.00. The average Bonchev–Trinajstić information content (AvgIpc) is 2.89. The molecule has 284 valence electrons. The molecular formula is C36H86O4SSi6. The van der Waals surface area contributed by atoms with E-state index in [-0.39, 0.29) is 0 Å². The Morgan fingerprint density at radius 2 is 0.511 bits per heavy atom. The number of hydrogen-bond acceptors (Lipinski definition) is 5. The van der Waals surface area contributed by atoms with Gasteiger partial charge in [0.25, 0.3) is 0 Å². The average molecular weight is 784 g/mol. The SMILES string of the molecule is CC(C)[SiH](O[Si](O[Si](S[Si](O[Si](O[SiH](C(C)C)C(C)C)(C(C)C)C(C)C)(C(C)C)C(C)C)(C(C)C)C(C)C)(C(C)C)C(C)C)C(C)C. The first-order chi connectivity index (χ1) is 21.1. The van der Waals surface area contributed by atoms with E-state index in [0.29, 0.717) is 66.5 Å². The van der Waals surface area contributed by atoms with Crippen LogP contribution in [0, 0.1) is 0 Å². The highest BCUT2D eigenvalue weighted by atomic mass is 32.5. The predicted octanol–water partition coefficient (Wildman–Crippen LogP) is 13.9. The molecule has 0 saturated carbocycles. The third-order valence-corrected chi connectivity index (χ3v) is 54.5. The Labute approximate surface area is 308 Å². The minimum atomic E-state index is -2.67. The second kappa shape index (κ2) is 19.5. The Kier molecular flexibility index (Phi) is 20.2. The summed E-state index contributed by atoms with van der Waals surface area (Å²) in [6.45, 7) is 58.0. The minimum Gasteiger partial charge on any atom is -0.438 e. The summed E-state index contributed by atoms with van der Waals surface area (Å²) in [7, 11) is -11.3. The van der Waals surface area contributed by atoms with Gasteiger partial charge in [0, 0.05) is 0 Å². The standard InChI is InChI=1S/C36H86O4SSi6/c1-25(2)42(26(3)4)37-44(29(9)10,30(11)12)39-46(33(17)18,34(19)20)41-47(35(21)22,36(23)24)40-45(31(13)14,32(15)16)38-43(27(5)6)28(7)8/h25-36,42-43H,1-24H3. The van der Waals surface area contributed by atoms with E-state index in [1.807, 2.05) is 0 Å². The van der Waals surface area contributed by atoms with Crippen LogP contribution in [0.25, 0.3) is 0 Å². The van der Waals surface area contributed by atoms with Gasteiger partial charge in [0.05, 0.1) is 0 Å². The minimum absolute atomic E-state index is 0.377. The molecule has 0 spiro atoms. The molecule has 0 aliphatic heterocycles. The van der Waals surface area contributed by atoms with Gasteiger partial charge in [-0.25, -0.2) is 0 Å². The van der Waals surface area contributed by atoms with Gasteiger partial charge >= 0.3 is 17.1 Å². The molecule has 0 aliphatic carbocycles. The zero-order chi connectivity index (χ0) is 37.6. The summed E-state index contributed by atoms with van der Waals surface area (Å²) in [6.07, 6.45) is 0. The van der Waals surface area contributed by atoms with Crippen LogP contribution in [-0.4, -0.2) is 50.1 Å². The summed E-state index contributed by atoms with van der Waals surface area (Å²) in [4.78, 5) is 0. The monoisotopic (exact) mass is 782 g/mol. The van der Waals surface area contributed by atoms with E-state index in [9.17, 15) is 0 Å². The quantitative estimate of drug-likeness (QED) is 0.102. The fourth-order valence-electron chi connectivity index (χ4n) is 7.97. The molecule has 0 saturated heterocycles. The second-order valence-corrected chi connectivity index (χ2v) is 50.8. The molecule has 0 amide bonds. The van der Waals surface area contributed by atoms with Crippen molar-refractivity contribution in [3.05, 3.63) is 0 Å². The third kappa shape index (κ3) is 11.2. The van der Waals surface area contributed by atoms with Crippen molar-refractivity contribution < 1.29 is 16.5 Å². The molecule has 0 aromatic rings. The summed E-state index contributed by atoms with van der Waals surface area (Å²) in [5, 5.41) is 0. The van der Waals surface area contributed by atoms with Gasteiger partial charge in [-0.05, 0) is 66.5 Å². The van der Waals surface area contributed by atoms with Crippen LogP contribution in [0.2, 0.25) is 66.5 Å². The van der Waals surface area contributed by atoms with E-state index >= 15 is 0 Å². The van der Waals surface area contributed by atoms with Crippen LogP contribution in [0.3, 0.4) is 0 Å². The lowest BCUT2D eigenvalue weighted by molar-refractivity contribution is 0.333. The zero-order valence-electron chi connectivity index (χ0n) is 36.1. The Morgan fingerprint density at radius 1 is 0.319 bits per heavy atom. The summed E-state index contributed by atoms with van der Waals surface area (Å²) in [6, 6.07) is 0.